The van der Waals surface area contributed by atoms with Crippen LogP contribution in [0.2, 0.25) is 0 Å². The van der Waals surface area contributed by atoms with Crippen LogP contribution in [-0.4, -0.2) is 51.4 Å². The van der Waals surface area contributed by atoms with Gasteiger partial charge in [0.1, 0.15) is 0 Å². The molecule has 0 aliphatic carbocycles. The summed E-state index contributed by atoms with van der Waals surface area (Å²) in [7, 11) is -3.47. The average Bonchev–Trinajstić information content (AvgIpc) is 2.47. The lowest BCUT2D eigenvalue weighted by Crippen LogP contribution is -2.52. The van der Waals surface area contributed by atoms with Crippen LogP contribution in [0.3, 0.4) is 0 Å². The number of carbonyl (C=O) groups is 1. The Balaban J connectivity index is 0.00000242. The summed E-state index contributed by atoms with van der Waals surface area (Å²) in [5.74, 6) is -0.0589. The van der Waals surface area contributed by atoms with Gasteiger partial charge in [-0.2, -0.15) is 0 Å². The number of benzene rings is 1. The topological polar surface area (TPSA) is 78.5 Å². The first kappa shape index (κ1) is 18.9. The molecule has 0 spiro atoms. The van der Waals surface area contributed by atoms with Crippen LogP contribution in [0.25, 0.3) is 0 Å². The Morgan fingerprint density at radius 2 is 2.00 bits per heavy atom. The molecule has 1 aliphatic heterocycles. The van der Waals surface area contributed by atoms with E-state index in [1.54, 1.807) is 19.1 Å². The predicted molar refractivity (Wildman–Crippen MR) is 87.9 cm³/mol. The lowest BCUT2D eigenvalue weighted by atomic mass is 10.1. The van der Waals surface area contributed by atoms with Crippen molar-refractivity contribution >= 4 is 28.3 Å². The monoisotopic (exact) mass is 347 g/mol. The highest BCUT2D eigenvalue weighted by molar-refractivity contribution is 7.89. The van der Waals surface area contributed by atoms with E-state index in [0.717, 1.165) is 13.1 Å². The molecule has 8 heteroatoms. The molecule has 0 radical (unpaired) electrons. The van der Waals surface area contributed by atoms with E-state index in [0.29, 0.717) is 18.7 Å². The van der Waals surface area contributed by atoms with E-state index in [9.17, 15) is 13.2 Å². The van der Waals surface area contributed by atoms with E-state index in [2.05, 4.69) is 10.0 Å². The summed E-state index contributed by atoms with van der Waals surface area (Å²) in [5, 5.41) is 3.23. The van der Waals surface area contributed by atoms with Crippen molar-refractivity contribution in [1.29, 1.82) is 0 Å². The highest BCUT2D eigenvalue weighted by Gasteiger charge is 2.24. The molecule has 2 rings (SSSR count). The third kappa shape index (κ3) is 4.19. The number of piperazine rings is 1. The summed E-state index contributed by atoms with van der Waals surface area (Å²) in [5.41, 5.74) is 0.513. The molecular formula is C14H22ClN3O3S. The highest BCUT2D eigenvalue weighted by atomic mass is 35.5. The van der Waals surface area contributed by atoms with Gasteiger partial charge in [0.2, 0.25) is 10.0 Å². The van der Waals surface area contributed by atoms with Crippen LogP contribution in [0, 0.1) is 0 Å². The van der Waals surface area contributed by atoms with Gasteiger partial charge in [-0.3, -0.25) is 4.79 Å². The summed E-state index contributed by atoms with van der Waals surface area (Å²) in [4.78, 5) is 14.4. The van der Waals surface area contributed by atoms with Gasteiger partial charge in [-0.25, -0.2) is 13.1 Å². The second kappa shape index (κ2) is 7.92. The standard InChI is InChI=1S/C14H21N3O3S.ClH/c1-3-16-21(19,20)13-6-4-12(5-7-13)14(18)17-9-8-15-10-11(17)2;/h4-7,11,15-16H,3,8-10H2,1-2H3;1H/t11-;/m0./s1. The first-order chi connectivity index (χ1) is 9.95. The summed E-state index contributed by atoms with van der Waals surface area (Å²) in [6, 6.07) is 6.22. The fraction of sp³-hybridized carbons (Fsp3) is 0.500. The van der Waals surface area contributed by atoms with Crippen LogP contribution in [0.5, 0.6) is 0 Å². The molecule has 1 atom stereocenters. The van der Waals surface area contributed by atoms with E-state index in [4.69, 9.17) is 0 Å². The van der Waals surface area contributed by atoms with Gasteiger partial charge in [-0.1, -0.05) is 6.92 Å². The van der Waals surface area contributed by atoms with Gasteiger partial charge in [0, 0.05) is 37.8 Å². The number of hydrogen-bond donors (Lipinski definition) is 2. The van der Waals surface area contributed by atoms with Crippen LogP contribution in [-0.2, 0) is 10.0 Å². The zero-order valence-corrected chi connectivity index (χ0v) is 14.3. The van der Waals surface area contributed by atoms with E-state index in [-0.39, 0.29) is 29.3 Å². The largest absolute Gasteiger partial charge is 0.333 e. The van der Waals surface area contributed by atoms with Crippen molar-refractivity contribution in [2.45, 2.75) is 24.8 Å². The molecule has 1 amide bonds. The number of rotatable bonds is 4. The zero-order chi connectivity index (χ0) is 15.5. The molecule has 2 N–H and O–H groups in total. The smallest absolute Gasteiger partial charge is 0.254 e. The fourth-order valence-corrected chi connectivity index (χ4v) is 3.40. The van der Waals surface area contributed by atoms with E-state index in [1.807, 2.05) is 11.8 Å². The van der Waals surface area contributed by atoms with Crippen molar-refractivity contribution in [3.8, 4) is 0 Å². The summed E-state index contributed by atoms with van der Waals surface area (Å²) < 4.78 is 26.1. The van der Waals surface area contributed by atoms with Crippen molar-refractivity contribution in [3.63, 3.8) is 0 Å². The summed E-state index contributed by atoms with van der Waals surface area (Å²) >= 11 is 0. The molecule has 1 fully saturated rings. The van der Waals surface area contributed by atoms with E-state index in [1.165, 1.54) is 12.1 Å². The van der Waals surface area contributed by atoms with Crippen LogP contribution in [0.4, 0.5) is 0 Å². The SMILES string of the molecule is CCNS(=O)(=O)c1ccc(C(=O)N2CCNC[C@@H]2C)cc1.Cl. The Hall–Kier alpha value is -1.15. The molecule has 1 aliphatic rings. The van der Waals surface area contributed by atoms with E-state index < -0.39 is 10.0 Å². The second-order valence-corrected chi connectivity index (χ2v) is 6.84. The average molecular weight is 348 g/mol. The van der Waals surface area contributed by atoms with Crippen LogP contribution >= 0.6 is 12.4 Å². The first-order valence-electron chi connectivity index (χ1n) is 7.07. The Kier molecular flexibility index (Phi) is 6.80. The Bertz CT molecular complexity index is 604. The molecule has 1 aromatic carbocycles. The van der Waals surface area contributed by atoms with Crippen molar-refractivity contribution < 1.29 is 13.2 Å². The van der Waals surface area contributed by atoms with Crippen molar-refractivity contribution in [2.24, 2.45) is 0 Å². The molecule has 6 nitrogen and oxygen atoms in total. The van der Waals surface area contributed by atoms with Crippen LogP contribution in [0.1, 0.15) is 24.2 Å². The number of halogens is 1. The van der Waals surface area contributed by atoms with Gasteiger partial charge >= 0.3 is 0 Å². The zero-order valence-electron chi connectivity index (χ0n) is 12.7. The van der Waals surface area contributed by atoms with Crippen LogP contribution < -0.4 is 10.0 Å². The molecule has 1 saturated heterocycles. The van der Waals surface area contributed by atoms with Crippen molar-refractivity contribution in [2.75, 3.05) is 26.2 Å². The van der Waals surface area contributed by atoms with Gasteiger partial charge in [0.05, 0.1) is 4.90 Å². The lowest BCUT2D eigenvalue weighted by Gasteiger charge is -2.34. The quantitative estimate of drug-likeness (QED) is 0.846. The number of hydrogen-bond acceptors (Lipinski definition) is 4. The number of nitrogens with one attached hydrogen (secondary N) is 2. The van der Waals surface area contributed by atoms with Gasteiger partial charge in [-0.05, 0) is 31.2 Å². The van der Waals surface area contributed by atoms with Crippen molar-refractivity contribution in [1.82, 2.24) is 14.9 Å². The first-order valence-corrected chi connectivity index (χ1v) is 8.55. The molecule has 124 valence electrons. The third-order valence-corrected chi connectivity index (χ3v) is 5.07. The molecular weight excluding hydrogens is 326 g/mol. The molecule has 0 aromatic heterocycles. The maximum Gasteiger partial charge on any atom is 0.254 e. The van der Waals surface area contributed by atoms with Crippen molar-refractivity contribution in [3.05, 3.63) is 29.8 Å². The minimum absolute atomic E-state index is 0. The minimum Gasteiger partial charge on any atom is -0.333 e. The lowest BCUT2D eigenvalue weighted by molar-refractivity contribution is 0.0655. The highest BCUT2D eigenvalue weighted by Crippen LogP contribution is 2.14. The van der Waals surface area contributed by atoms with Gasteiger partial charge in [-0.15, -0.1) is 12.4 Å². The Morgan fingerprint density at radius 3 is 2.55 bits per heavy atom. The Morgan fingerprint density at radius 1 is 1.36 bits per heavy atom. The van der Waals surface area contributed by atoms with E-state index >= 15 is 0 Å². The number of amides is 1. The fourth-order valence-electron chi connectivity index (χ4n) is 2.36. The van der Waals surface area contributed by atoms with Gasteiger partial charge in [0.15, 0.2) is 0 Å². The van der Waals surface area contributed by atoms with Gasteiger partial charge < -0.3 is 10.2 Å². The molecule has 0 saturated carbocycles. The number of sulfonamides is 1. The maximum atomic E-state index is 12.4. The summed E-state index contributed by atoms with van der Waals surface area (Å²) in [6.45, 7) is 6.27. The normalized spacial score (nSPS) is 18.6. The second-order valence-electron chi connectivity index (χ2n) is 5.08. The predicted octanol–water partition coefficient (Wildman–Crippen LogP) is 0.841. The molecule has 0 unspecified atom stereocenters. The minimum atomic E-state index is -3.47. The number of nitrogens with zero attached hydrogens (tertiary/aromatic N) is 1. The molecule has 0 bridgehead atoms. The van der Waals surface area contributed by atoms with Crippen LogP contribution in [0.15, 0.2) is 29.2 Å². The third-order valence-electron chi connectivity index (χ3n) is 3.51. The Labute approximate surface area is 137 Å². The maximum absolute atomic E-state index is 12.4. The molecule has 1 heterocycles. The summed E-state index contributed by atoms with van der Waals surface area (Å²) in [6.07, 6.45) is 0. The molecule has 22 heavy (non-hydrogen) atoms. The molecule has 1 aromatic rings. The van der Waals surface area contributed by atoms with Gasteiger partial charge in [0.25, 0.3) is 5.91 Å². The number of carbonyl (C=O) groups excluding carboxylic acids is 1.